The van der Waals surface area contributed by atoms with Gasteiger partial charge in [-0.1, -0.05) is 24.3 Å². The van der Waals surface area contributed by atoms with Crippen LogP contribution in [0.15, 0.2) is 24.3 Å². The van der Waals surface area contributed by atoms with Crippen molar-refractivity contribution < 1.29 is 8.95 Å². The third kappa shape index (κ3) is 3.15. The molecule has 0 bridgehead atoms. The number of rotatable bonds is 3. The first-order chi connectivity index (χ1) is 8.18. The van der Waals surface area contributed by atoms with Gasteiger partial charge < -0.3 is 10.5 Å². The first kappa shape index (κ1) is 12.7. The van der Waals surface area contributed by atoms with Crippen LogP contribution < -0.4 is 5.73 Å². The van der Waals surface area contributed by atoms with Crippen molar-refractivity contribution in [2.45, 2.75) is 30.4 Å². The van der Waals surface area contributed by atoms with Gasteiger partial charge in [0.1, 0.15) is 0 Å². The number of benzene rings is 1. The van der Waals surface area contributed by atoms with Crippen LogP contribution in [0.25, 0.3) is 0 Å². The Balaban J connectivity index is 2.03. The maximum Gasteiger partial charge on any atom is 0.0736 e. The minimum atomic E-state index is -0.948. The van der Waals surface area contributed by atoms with Crippen molar-refractivity contribution in [2.75, 3.05) is 13.2 Å². The summed E-state index contributed by atoms with van der Waals surface area (Å²) in [5, 5.41) is -0.0247. The van der Waals surface area contributed by atoms with Crippen molar-refractivity contribution in [1.82, 2.24) is 0 Å². The van der Waals surface area contributed by atoms with Gasteiger partial charge in [0.25, 0.3) is 0 Å². The quantitative estimate of drug-likeness (QED) is 0.885. The molecule has 3 nitrogen and oxygen atoms in total. The number of ether oxygens (including phenoxy) is 1. The summed E-state index contributed by atoms with van der Waals surface area (Å²) in [6.45, 7) is 3.27. The van der Waals surface area contributed by atoms with Crippen LogP contribution in [0.1, 0.15) is 17.5 Å². The van der Waals surface area contributed by atoms with E-state index >= 15 is 0 Å². The summed E-state index contributed by atoms with van der Waals surface area (Å²) >= 11 is 0. The molecule has 0 radical (unpaired) electrons. The second-order valence-electron chi connectivity index (χ2n) is 4.52. The zero-order chi connectivity index (χ0) is 12.3. The van der Waals surface area contributed by atoms with Crippen LogP contribution in [0.4, 0.5) is 0 Å². The van der Waals surface area contributed by atoms with E-state index in [0.29, 0.717) is 19.0 Å². The second kappa shape index (κ2) is 5.76. The molecular weight excluding hydrogens is 234 g/mol. The lowest BCUT2D eigenvalue weighted by Crippen LogP contribution is -2.45. The molecule has 4 heteroatoms. The molecular formula is C13H19NO2S. The molecule has 1 aromatic rings. The summed E-state index contributed by atoms with van der Waals surface area (Å²) in [6, 6.07) is 8.06. The Kier molecular flexibility index (Phi) is 4.31. The molecule has 1 fully saturated rings. The minimum absolute atomic E-state index is 0.00796. The molecule has 1 saturated heterocycles. The normalized spacial score (nSPS) is 26.7. The van der Waals surface area contributed by atoms with Crippen molar-refractivity contribution in [3.05, 3.63) is 35.4 Å². The Morgan fingerprint density at radius 3 is 2.94 bits per heavy atom. The molecule has 0 aliphatic carbocycles. The van der Waals surface area contributed by atoms with Crippen molar-refractivity contribution in [1.29, 1.82) is 0 Å². The molecule has 3 unspecified atom stereocenters. The fourth-order valence-electron chi connectivity index (χ4n) is 2.03. The molecule has 94 valence electrons. The molecule has 2 rings (SSSR count). The SMILES string of the molecule is Cc1ccccc1CS(=O)C1COCCC1N. The number of hydrogen-bond acceptors (Lipinski definition) is 3. The van der Waals surface area contributed by atoms with E-state index in [1.165, 1.54) is 5.56 Å². The Morgan fingerprint density at radius 1 is 1.47 bits per heavy atom. The molecule has 0 saturated carbocycles. The smallest absolute Gasteiger partial charge is 0.0736 e. The van der Waals surface area contributed by atoms with Crippen LogP contribution in [0, 0.1) is 6.92 Å². The van der Waals surface area contributed by atoms with Gasteiger partial charge in [-0.15, -0.1) is 0 Å². The van der Waals surface area contributed by atoms with E-state index in [9.17, 15) is 4.21 Å². The largest absolute Gasteiger partial charge is 0.380 e. The summed E-state index contributed by atoms with van der Waals surface area (Å²) in [7, 11) is -0.948. The van der Waals surface area contributed by atoms with E-state index in [1.807, 2.05) is 31.2 Å². The van der Waals surface area contributed by atoms with Gasteiger partial charge in [-0.3, -0.25) is 4.21 Å². The molecule has 1 heterocycles. The molecule has 0 amide bonds. The van der Waals surface area contributed by atoms with Gasteiger partial charge in [-0.05, 0) is 24.5 Å². The lowest BCUT2D eigenvalue weighted by Gasteiger charge is -2.28. The van der Waals surface area contributed by atoms with Gasteiger partial charge in [0.05, 0.1) is 11.9 Å². The molecule has 3 atom stereocenters. The van der Waals surface area contributed by atoms with Crippen molar-refractivity contribution in [3.8, 4) is 0 Å². The fraction of sp³-hybridized carbons (Fsp3) is 0.538. The summed E-state index contributed by atoms with van der Waals surface area (Å²) in [4.78, 5) is 0. The van der Waals surface area contributed by atoms with Gasteiger partial charge in [-0.25, -0.2) is 0 Å². The summed E-state index contributed by atoms with van der Waals surface area (Å²) < 4.78 is 17.6. The van der Waals surface area contributed by atoms with Crippen LogP contribution in [0.3, 0.4) is 0 Å². The third-order valence-electron chi connectivity index (χ3n) is 3.25. The molecule has 17 heavy (non-hydrogen) atoms. The average molecular weight is 253 g/mol. The van der Waals surface area contributed by atoms with Crippen LogP contribution in [-0.2, 0) is 21.3 Å². The van der Waals surface area contributed by atoms with Gasteiger partial charge in [0.15, 0.2) is 0 Å². The first-order valence-corrected chi connectivity index (χ1v) is 7.31. The Labute approximate surface area is 105 Å². The van der Waals surface area contributed by atoms with Crippen LogP contribution in [0.5, 0.6) is 0 Å². The van der Waals surface area contributed by atoms with Crippen molar-refractivity contribution in [2.24, 2.45) is 5.73 Å². The molecule has 1 aromatic carbocycles. The van der Waals surface area contributed by atoms with Gasteiger partial charge in [0, 0.05) is 29.2 Å². The van der Waals surface area contributed by atoms with E-state index in [2.05, 4.69) is 0 Å². The highest BCUT2D eigenvalue weighted by Gasteiger charge is 2.27. The number of nitrogens with two attached hydrogens (primary N) is 1. The third-order valence-corrected chi connectivity index (χ3v) is 5.01. The zero-order valence-electron chi connectivity index (χ0n) is 10.1. The molecule has 1 aliphatic rings. The summed E-state index contributed by atoms with van der Waals surface area (Å²) in [6.07, 6.45) is 0.810. The lowest BCUT2D eigenvalue weighted by atomic mass is 10.1. The maximum absolute atomic E-state index is 12.3. The Hall–Kier alpha value is -0.710. The lowest BCUT2D eigenvalue weighted by molar-refractivity contribution is 0.0903. The maximum atomic E-state index is 12.3. The first-order valence-electron chi connectivity index (χ1n) is 5.93. The summed E-state index contributed by atoms with van der Waals surface area (Å²) in [5.41, 5.74) is 8.33. The highest BCUT2D eigenvalue weighted by Crippen LogP contribution is 2.17. The van der Waals surface area contributed by atoms with E-state index in [1.54, 1.807) is 0 Å². The van der Waals surface area contributed by atoms with E-state index < -0.39 is 10.8 Å². The second-order valence-corrected chi connectivity index (χ2v) is 6.17. The molecule has 0 aromatic heterocycles. The fourth-order valence-corrected chi connectivity index (χ4v) is 3.65. The monoisotopic (exact) mass is 253 g/mol. The Morgan fingerprint density at radius 2 is 2.24 bits per heavy atom. The molecule has 2 N–H and O–H groups in total. The van der Waals surface area contributed by atoms with E-state index in [-0.39, 0.29) is 11.3 Å². The molecule has 0 spiro atoms. The number of aryl methyl sites for hydroxylation is 1. The van der Waals surface area contributed by atoms with Crippen molar-refractivity contribution in [3.63, 3.8) is 0 Å². The average Bonchev–Trinajstić information content (AvgIpc) is 2.32. The van der Waals surface area contributed by atoms with Crippen LogP contribution in [0.2, 0.25) is 0 Å². The van der Waals surface area contributed by atoms with Gasteiger partial charge in [0.2, 0.25) is 0 Å². The predicted molar refractivity (Wildman–Crippen MR) is 70.2 cm³/mol. The van der Waals surface area contributed by atoms with Gasteiger partial charge >= 0.3 is 0 Å². The van der Waals surface area contributed by atoms with Gasteiger partial charge in [-0.2, -0.15) is 0 Å². The van der Waals surface area contributed by atoms with Crippen molar-refractivity contribution >= 4 is 10.8 Å². The summed E-state index contributed by atoms with van der Waals surface area (Å²) in [5.74, 6) is 0.578. The van der Waals surface area contributed by atoms with E-state index in [4.69, 9.17) is 10.5 Å². The number of hydrogen-bond donors (Lipinski definition) is 1. The molecule has 1 aliphatic heterocycles. The minimum Gasteiger partial charge on any atom is -0.380 e. The Bertz CT molecular complexity index is 408. The highest BCUT2D eigenvalue weighted by molar-refractivity contribution is 7.84. The standard InChI is InChI=1S/C13H19NO2S/c1-10-4-2-3-5-11(10)9-17(15)13-8-16-7-6-12(13)14/h2-5,12-13H,6-9,14H2,1H3. The van der Waals surface area contributed by atoms with Crippen LogP contribution >= 0.6 is 0 Å². The topological polar surface area (TPSA) is 52.3 Å². The van der Waals surface area contributed by atoms with Crippen LogP contribution in [-0.4, -0.2) is 28.7 Å². The zero-order valence-corrected chi connectivity index (χ0v) is 10.9. The van der Waals surface area contributed by atoms with E-state index in [0.717, 1.165) is 12.0 Å². The predicted octanol–water partition coefficient (Wildman–Crippen LogP) is 1.36. The highest BCUT2D eigenvalue weighted by atomic mass is 32.2.